The average molecular weight is 1250 g/mol. The van der Waals surface area contributed by atoms with Gasteiger partial charge in [-0.2, -0.15) is 0 Å². The zero-order chi connectivity index (χ0) is 67.0. The predicted molar refractivity (Wildman–Crippen MR) is 414 cm³/mol. The van der Waals surface area contributed by atoms with E-state index in [4.69, 9.17) is 4.42 Å². The van der Waals surface area contributed by atoms with Gasteiger partial charge in [-0.05, 0) is 190 Å². The number of hydrogen-bond acceptors (Lipinski definition) is 1. The summed E-state index contributed by atoms with van der Waals surface area (Å²) in [5.74, 6) is 0. The van der Waals surface area contributed by atoms with E-state index in [1.807, 2.05) is 0 Å². The van der Waals surface area contributed by atoms with E-state index >= 15 is 0 Å². The Kier molecular flexibility index (Phi) is 12.5. The Hall–Kier alpha value is -9.64. The monoisotopic (exact) mass is 1250 g/mol. The van der Waals surface area contributed by atoms with Gasteiger partial charge in [-0.25, -0.2) is 0 Å². The second-order valence-electron chi connectivity index (χ2n) is 34.4. The van der Waals surface area contributed by atoms with Crippen LogP contribution in [0.25, 0.3) is 159 Å². The molecule has 0 amide bonds. The van der Waals surface area contributed by atoms with Crippen LogP contribution in [0, 0.1) is 0 Å². The summed E-state index contributed by atoms with van der Waals surface area (Å²) in [6.07, 6.45) is 0. The number of nitrogens with zero attached hydrogens (tertiary/aromatic N) is 3. The molecule has 0 spiro atoms. The first-order chi connectivity index (χ1) is 45.4. The third-order valence-electron chi connectivity index (χ3n) is 21.5. The van der Waals surface area contributed by atoms with Crippen LogP contribution in [-0.4, -0.2) is 13.4 Å². The Labute approximate surface area is 564 Å². The maximum Gasteiger partial charge on any atom is 0.161 e. The first-order valence-electron chi connectivity index (χ1n) is 34.8. The Morgan fingerprint density at radius 2 is 0.656 bits per heavy atom. The minimum absolute atomic E-state index is 0.0492. The van der Waals surface area contributed by atoms with Gasteiger partial charge in [0.2, 0.25) is 0 Å². The number of aromatic nitrogens is 3. The van der Waals surface area contributed by atoms with Crippen molar-refractivity contribution in [3.8, 4) is 50.2 Å². The zero-order valence-electron chi connectivity index (χ0n) is 59.3. The predicted octanol–water partition coefficient (Wildman–Crippen LogP) is 26.3. The molecule has 17 rings (SSSR count). The van der Waals surface area contributed by atoms with Gasteiger partial charge in [0.05, 0.1) is 38.6 Å². The summed E-state index contributed by atoms with van der Waals surface area (Å²) in [5.41, 5.74) is 29.8. The Bertz CT molecular complexity index is 6010. The summed E-state index contributed by atoms with van der Waals surface area (Å²) >= 11 is 0. The van der Waals surface area contributed by atoms with E-state index in [9.17, 15) is 0 Å². The SMILES string of the molecule is CC(C)(C)c1cc(-c2cc(-c3ccc4c(c3)c3ccccc3n4-c3ccccc3)c3c(c2)c2cc(-c4cc(C(C)(C)C)cc(C(C)(C)C)c4)cc4c5c(ccc6c7cc(-c8cc(C(C)(C)C)cc(C(C)(C)C)c8)cc8c9oc%10ccccc%10c9n(c78)c65)n3c24)cc(C(C)(C)C)c1. The topological polar surface area (TPSA) is 26.9 Å². The molecule has 4 nitrogen and oxygen atoms in total. The molecule has 0 atom stereocenters. The standard InChI is InChI=1S/C92H87N3O/c1-87(2,3)59-36-53(37-60(49-59)88(4,5)6)56-43-69(52-32-34-77-70(42-52)66-28-22-24-30-76(66)93(77)65-26-20-19-21-27-65)81-72(45-56)73-46-57(54-38-61(89(7,8)9)50-62(39-54)90(10,11)12)47-74-80-78(94(81)82(73)74)35-33-67-71-44-58(55-40-63(91(13,14)15)51-64(41-55)92(16,17)18)48-75-83(71)95(84(67)80)85-68-29-23-25-31-79(68)96-86(75)85/h19-51H,1-18H3. The quantitative estimate of drug-likeness (QED) is 0.169. The van der Waals surface area contributed by atoms with Gasteiger partial charge in [0, 0.05) is 65.1 Å². The molecule has 0 unspecified atom stereocenters. The minimum atomic E-state index is -0.0856. The highest BCUT2D eigenvalue weighted by Crippen LogP contribution is 2.53. The molecule has 0 bridgehead atoms. The highest BCUT2D eigenvalue weighted by Gasteiger charge is 2.32. The summed E-state index contributed by atoms with van der Waals surface area (Å²) in [6.45, 7) is 42.3. The van der Waals surface area contributed by atoms with Crippen LogP contribution in [0.4, 0.5) is 0 Å². The van der Waals surface area contributed by atoms with E-state index in [-0.39, 0.29) is 32.5 Å². The molecular formula is C92H87N3O. The number of fused-ring (bicyclic) bond motifs is 18. The van der Waals surface area contributed by atoms with Crippen molar-refractivity contribution in [3.05, 3.63) is 234 Å². The van der Waals surface area contributed by atoms with Crippen LogP contribution in [0.1, 0.15) is 158 Å². The Morgan fingerprint density at radius 3 is 1.20 bits per heavy atom. The van der Waals surface area contributed by atoms with Gasteiger partial charge in [-0.15, -0.1) is 0 Å². The van der Waals surface area contributed by atoms with Crippen LogP contribution in [0.15, 0.2) is 205 Å². The van der Waals surface area contributed by atoms with Gasteiger partial charge < -0.3 is 17.8 Å². The van der Waals surface area contributed by atoms with Crippen LogP contribution in [0.5, 0.6) is 0 Å². The molecule has 6 heterocycles. The summed E-state index contributed by atoms with van der Waals surface area (Å²) in [7, 11) is 0. The lowest BCUT2D eigenvalue weighted by Crippen LogP contribution is -2.16. The van der Waals surface area contributed by atoms with Gasteiger partial charge in [-0.3, -0.25) is 0 Å². The Morgan fingerprint density at radius 1 is 0.250 bits per heavy atom. The highest BCUT2D eigenvalue weighted by molar-refractivity contribution is 6.36. The van der Waals surface area contributed by atoms with E-state index in [0.717, 1.165) is 33.1 Å². The second-order valence-corrected chi connectivity index (χ2v) is 34.4. The normalized spacial score (nSPS) is 13.5. The van der Waals surface area contributed by atoms with Gasteiger partial charge in [0.15, 0.2) is 5.58 Å². The number of benzene rings is 11. The van der Waals surface area contributed by atoms with Gasteiger partial charge >= 0.3 is 0 Å². The van der Waals surface area contributed by atoms with Gasteiger partial charge in [0.25, 0.3) is 0 Å². The molecular weight excluding hydrogens is 1160 g/mol. The molecule has 6 aromatic heterocycles. The van der Waals surface area contributed by atoms with Crippen LogP contribution >= 0.6 is 0 Å². The van der Waals surface area contributed by atoms with Crippen molar-refractivity contribution in [2.45, 2.75) is 157 Å². The largest absolute Gasteiger partial charge is 0.454 e. The van der Waals surface area contributed by atoms with Crippen LogP contribution in [-0.2, 0) is 32.5 Å². The van der Waals surface area contributed by atoms with Crippen LogP contribution < -0.4 is 0 Å². The molecule has 96 heavy (non-hydrogen) atoms. The fourth-order valence-corrected chi connectivity index (χ4v) is 15.9. The maximum absolute atomic E-state index is 7.19. The van der Waals surface area contributed by atoms with Crippen molar-refractivity contribution in [1.29, 1.82) is 0 Å². The lowest BCUT2D eigenvalue weighted by molar-refractivity contribution is 0.568. The molecule has 0 fully saturated rings. The fraction of sp³-hybridized carbons (Fsp3) is 0.261. The lowest BCUT2D eigenvalue weighted by Gasteiger charge is -2.26. The molecule has 0 radical (unpaired) electrons. The van der Waals surface area contributed by atoms with Crippen LogP contribution in [0.3, 0.4) is 0 Å². The smallest absolute Gasteiger partial charge is 0.161 e. The molecule has 0 aliphatic heterocycles. The number of rotatable bonds is 5. The van der Waals surface area contributed by atoms with Crippen molar-refractivity contribution < 1.29 is 4.42 Å². The van der Waals surface area contributed by atoms with Crippen molar-refractivity contribution in [2.24, 2.45) is 0 Å². The molecule has 4 heteroatoms. The van der Waals surface area contributed by atoms with Crippen molar-refractivity contribution in [3.63, 3.8) is 0 Å². The first-order valence-corrected chi connectivity index (χ1v) is 34.8. The lowest BCUT2D eigenvalue weighted by atomic mass is 9.78. The third kappa shape index (κ3) is 9.06. The maximum atomic E-state index is 7.19. The Balaban J connectivity index is 1.07. The van der Waals surface area contributed by atoms with E-state index < -0.39 is 0 Å². The molecule has 11 aromatic carbocycles. The van der Waals surface area contributed by atoms with Crippen molar-refractivity contribution in [2.75, 3.05) is 0 Å². The fourth-order valence-electron chi connectivity index (χ4n) is 15.9. The van der Waals surface area contributed by atoms with Crippen molar-refractivity contribution in [1.82, 2.24) is 13.4 Å². The first kappa shape index (κ1) is 60.1. The molecule has 0 aliphatic carbocycles. The minimum Gasteiger partial charge on any atom is -0.454 e. The molecule has 0 saturated heterocycles. The number of para-hydroxylation sites is 3. The molecule has 17 aromatic rings. The third-order valence-corrected chi connectivity index (χ3v) is 21.5. The van der Waals surface area contributed by atoms with Crippen molar-refractivity contribution >= 4 is 109 Å². The summed E-state index contributed by atoms with van der Waals surface area (Å²) in [4.78, 5) is 0. The molecule has 0 aliphatic rings. The molecule has 476 valence electrons. The number of furan rings is 1. The summed E-state index contributed by atoms with van der Waals surface area (Å²) in [6, 6.07) is 78.1. The molecule has 0 N–H and O–H groups in total. The summed E-state index contributed by atoms with van der Waals surface area (Å²) < 4.78 is 14.9. The number of hydrogen-bond donors (Lipinski definition) is 0. The van der Waals surface area contributed by atoms with Gasteiger partial charge in [-0.1, -0.05) is 240 Å². The highest BCUT2D eigenvalue weighted by atomic mass is 16.3. The van der Waals surface area contributed by atoms with Gasteiger partial charge in [0.1, 0.15) is 11.1 Å². The van der Waals surface area contributed by atoms with E-state index in [2.05, 4.69) is 338 Å². The average Bonchev–Trinajstić information content (AvgIpc) is 1.50. The summed E-state index contributed by atoms with van der Waals surface area (Å²) in [5, 5.41) is 12.2. The molecule has 0 saturated carbocycles. The van der Waals surface area contributed by atoms with E-state index in [1.165, 1.54) is 160 Å². The van der Waals surface area contributed by atoms with Crippen LogP contribution in [0.2, 0.25) is 0 Å². The van der Waals surface area contributed by atoms with E-state index in [0.29, 0.717) is 0 Å². The second kappa shape index (κ2) is 20.0. The van der Waals surface area contributed by atoms with E-state index in [1.54, 1.807) is 0 Å². The zero-order valence-corrected chi connectivity index (χ0v) is 59.3.